The summed E-state index contributed by atoms with van der Waals surface area (Å²) in [7, 11) is 0. The summed E-state index contributed by atoms with van der Waals surface area (Å²) in [4.78, 5) is 11.8. The standard InChI is InChI=1S/C13H19NO2/c1-13(2,3)12(16)14-11(9-15)10-7-5-4-6-8-10/h4-8,11,15H,9H2,1-3H3,(H,14,16)/t11-/m1/s1. The van der Waals surface area contributed by atoms with E-state index in [9.17, 15) is 9.90 Å². The quantitative estimate of drug-likeness (QED) is 0.818. The van der Waals surface area contributed by atoms with Crippen LogP contribution >= 0.6 is 0 Å². The SMILES string of the molecule is CC(C)(C)C(=O)N[C@H](CO)c1ccccc1. The number of hydrogen-bond donors (Lipinski definition) is 2. The predicted octanol–water partition coefficient (Wildman–Crippen LogP) is 1.88. The summed E-state index contributed by atoms with van der Waals surface area (Å²) in [6, 6.07) is 9.15. The Labute approximate surface area is 96.5 Å². The molecule has 1 rings (SSSR count). The fourth-order valence-corrected chi connectivity index (χ4v) is 1.29. The molecule has 1 aromatic carbocycles. The highest BCUT2D eigenvalue weighted by Gasteiger charge is 2.24. The molecule has 1 amide bonds. The normalized spacial score (nSPS) is 13.2. The molecule has 0 aromatic heterocycles. The van der Waals surface area contributed by atoms with Crippen molar-refractivity contribution in [1.82, 2.24) is 5.32 Å². The van der Waals surface area contributed by atoms with Gasteiger partial charge in [0.1, 0.15) is 0 Å². The lowest BCUT2D eigenvalue weighted by molar-refractivity contribution is -0.129. The van der Waals surface area contributed by atoms with Crippen LogP contribution in [0.2, 0.25) is 0 Å². The van der Waals surface area contributed by atoms with Gasteiger partial charge in [-0.3, -0.25) is 4.79 Å². The lowest BCUT2D eigenvalue weighted by Crippen LogP contribution is -2.38. The van der Waals surface area contributed by atoms with Crippen LogP contribution in [0.5, 0.6) is 0 Å². The van der Waals surface area contributed by atoms with Crippen LogP contribution in [0.15, 0.2) is 30.3 Å². The summed E-state index contributed by atoms with van der Waals surface area (Å²) in [6.45, 7) is 5.46. The average Bonchev–Trinajstić information content (AvgIpc) is 2.25. The van der Waals surface area contributed by atoms with Gasteiger partial charge in [-0.05, 0) is 5.56 Å². The third-order valence-corrected chi connectivity index (χ3v) is 2.37. The van der Waals surface area contributed by atoms with Gasteiger partial charge in [-0.15, -0.1) is 0 Å². The van der Waals surface area contributed by atoms with E-state index in [1.807, 2.05) is 51.1 Å². The van der Waals surface area contributed by atoms with Gasteiger partial charge in [-0.2, -0.15) is 0 Å². The van der Waals surface area contributed by atoms with Crippen molar-refractivity contribution in [1.29, 1.82) is 0 Å². The number of hydrogen-bond acceptors (Lipinski definition) is 2. The summed E-state index contributed by atoms with van der Waals surface area (Å²) in [5.41, 5.74) is 0.477. The van der Waals surface area contributed by atoms with Crippen molar-refractivity contribution < 1.29 is 9.90 Å². The minimum atomic E-state index is -0.442. The first kappa shape index (κ1) is 12.7. The number of rotatable bonds is 3. The lowest BCUT2D eigenvalue weighted by Gasteiger charge is -2.23. The molecule has 0 aliphatic heterocycles. The largest absolute Gasteiger partial charge is 0.394 e. The van der Waals surface area contributed by atoms with Crippen molar-refractivity contribution in [3.05, 3.63) is 35.9 Å². The zero-order chi connectivity index (χ0) is 12.2. The van der Waals surface area contributed by atoms with Gasteiger partial charge in [0, 0.05) is 5.41 Å². The van der Waals surface area contributed by atoms with Gasteiger partial charge in [0.15, 0.2) is 0 Å². The molecule has 0 radical (unpaired) electrons. The molecule has 0 heterocycles. The maximum atomic E-state index is 11.8. The predicted molar refractivity (Wildman–Crippen MR) is 63.9 cm³/mol. The first-order chi connectivity index (χ1) is 7.45. The van der Waals surface area contributed by atoms with Crippen LogP contribution in [0.3, 0.4) is 0 Å². The zero-order valence-corrected chi connectivity index (χ0v) is 10.0. The molecule has 1 aromatic rings. The second-order valence-corrected chi connectivity index (χ2v) is 4.87. The Morgan fingerprint density at radius 1 is 1.31 bits per heavy atom. The van der Waals surface area contributed by atoms with Crippen LogP contribution in [0, 0.1) is 5.41 Å². The second-order valence-electron chi connectivity index (χ2n) is 4.87. The molecule has 0 fully saturated rings. The molecule has 2 N–H and O–H groups in total. The number of aliphatic hydroxyl groups excluding tert-OH is 1. The Balaban J connectivity index is 2.75. The first-order valence-electron chi connectivity index (χ1n) is 5.42. The van der Waals surface area contributed by atoms with Gasteiger partial charge < -0.3 is 10.4 Å². The molecular formula is C13H19NO2. The minimum absolute atomic E-state index is 0.0598. The highest BCUT2D eigenvalue weighted by atomic mass is 16.3. The molecule has 0 saturated heterocycles. The van der Waals surface area contributed by atoms with E-state index in [-0.39, 0.29) is 18.6 Å². The Bertz CT molecular complexity index is 341. The summed E-state index contributed by atoms with van der Waals surface area (Å²) >= 11 is 0. The first-order valence-corrected chi connectivity index (χ1v) is 5.42. The molecule has 88 valence electrons. The van der Waals surface area contributed by atoms with Crippen LogP contribution < -0.4 is 5.32 Å². The molecule has 1 atom stereocenters. The van der Waals surface area contributed by atoms with E-state index in [1.54, 1.807) is 0 Å². The van der Waals surface area contributed by atoms with Crippen LogP contribution in [0.4, 0.5) is 0 Å². The molecule has 16 heavy (non-hydrogen) atoms. The highest BCUT2D eigenvalue weighted by molar-refractivity contribution is 5.81. The van der Waals surface area contributed by atoms with Gasteiger partial charge in [0.25, 0.3) is 0 Å². The van der Waals surface area contributed by atoms with Crippen molar-refractivity contribution >= 4 is 5.91 Å². The van der Waals surface area contributed by atoms with Gasteiger partial charge in [0.05, 0.1) is 12.6 Å². The maximum Gasteiger partial charge on any atom is 0.225 e. The number of amides is 1. The van der Waals surface area contributed by atoms with Crippen molar-refractivity contribution in [2.24, 2.45) is 5.41 Å². The Hall–Kier alpha value is -1.35. The van der Waals surface area contributed by atoms with Crippen LogP contribution in [-0.4, -0.2) is 17.6 Å². The smallest absolute Gasteiger partial charge is 0.225 e. The van der Waals surface area contributed by atoms with Crippen LogP contribution in [0.25, 0.3) is 0 Å². The average molecular weight is 221 g/mol. The second kappa shape index (κ2) is 5.12. The van der Waals surface area contributed by atoms with Crippen molar-refractivity contribution in [3.8, 4) is 0 Å². The van der Waals surface area contributed by atoms with Crippen molar-refractivity contribution in [2.75, 3.05) is 6.61 Å². The fraction of sp³-hybridized carbons (Fsp3) is 0.462. The van der Waals surface area contributed by atoms with E-state index < -0.39 is 5.41 Å². The number of aliphatic hydroxyl groups is 1. The van der Waals surface area contributed by atoms with Gasteiger partial charge in [-0.25, -0.2) is 0 Å². The van der Waals surface area contributed by atoms with Crippen molar-refractivity contribution in [2.45, 2.75) is 26.8 Å². The zero-order valence-electron chi connectivity index (χ0n) is 10.0. The van der Waals surface area contributed by atoms with Crippen LogP contribution in [0.1, 0.15) is 32.4 Å². The molecule has 0 aliphatic carbocycles. The summed E-state index contributed by atoms with van der Waals surface area (Å²) < 4.78 is 0. The molecule has 0 saturated carbocycles. The Kier molecular flexibility index (Phi) is 4.07. The number of carbonyl (C=O) groups is 1. The van der Waals surface area contributed by atoms with Gasteiger partial charge in [0.2, 0.25) is 5.91 Å². The summed E-state index contributed by atoms with van der Waals surface area (Å²) in [5.74, 6) is -0.0598. The number of benzene rings is 1. The van der Waals surface area contributed by atoms with Crippen molar-refractivity contribution in [3.63, 3.8) is 0 Å². The van der Waals surface area contributed by atoms with E-state index in [2.05, 4.69) is 5.32 Å². The van der Waals surface area contributed by atoms with E-state index in [0.717, 1.165) is 5.56 Å². The Morgan fingerprint density at radius 2 is 1.88 bits per heavy atom. The lowest BCUT2D eigenvalue weighted by atomic mass is 9.94. The molecule has 3 nitrogen and oxygen atoms in total. The maximum absolute atomic E-state index is 11.8. The van der Waals surface area contributed by atoms with E-state index in [1.165, 1.54) is 0 Å². The summed E-state index contributed by atoms with van der Waals surface area (Å²) in [5, 5.41) is 12.1. The Morgan fingerprint density at radius 3 is 2.31 bits per heavy atom. The minimum Gasteiger partial charge on any atom is -0.394 e. The molecule has 0 unspecified atom stereocenters. The van der Waals surface area contributed by atoms with Gasteiger partial charge in [-0.1, -0.05) is 51.1 Å². The molecule has 3 heteroatoms. The fourth-order valence-electron chi connectivity index (χ4n) is 1.29. The number of nitrogens with one attached hydrogen (secondary N) is 1. The molecule has 0 spiro atoms. The number of carbonyl (C=O) groups excluding carboxylic acids is 1. The van der Waals surface area contributed by atoms with E-state index in [0.29, 0.717) is 0 Å². The molecule has 0 bridgehead atoms. The molecule has 0 aliphatic rings. The third-order valence-electron chi connectivity index (χ3n) is 2.37. The highest BCUT2D eigenvalue weighted by Crippen LogP contribution is 2.17. The van der Waals surface area contributed by atoms with E-state index >= 15 is 0 Å². The monoisotopic (exact) mass is 221 g/mol. The topological polar surface area (TPSA) is 49.3 Å². The van der Waals surface area contributed by atoms with Crippen LogP contribution in [-0.2, 0) is 4.79 Å². The molecular weight excluding hydrogens is 202 g/mol. The summed E-state index contributed by atoms with van der Waals surface area (Å²) in [6.07, 6.45) is 0. The van der Waals surface area contributed by atoms with Gasteiger partial charge >= 0.3 is 0 Å². The third kappa shape index (κ3) is 3.35. The van der Waals surface area contributed by atoms with E-state index in [4.69, 9.17) is 0 Å².